The fraction of sp³-hybridized carbons (Fsp3) is 0.296. The molecule has 212 valence electrons. The smallest absolute Gasteiger partial charge is 0.336 e. The third kappa shape index (κ3) is 5.82. The highest BCUT2D eigenvalue weighted by molar-refractivity contribution is 7.99. The average Bonchev–Trinajstić information content (AvgIpc) is 3.48. The molecule has 0 radical (unpaired) electrons. The fourth-order valence-corrected chi connectivity index (χ4v) is 6.12. The molecule has 1 aromatic heterocycles. The molecule has 0 saturated carbocycles. The van der Waals surface area contributed by atoms with E-state index in [1.807, 2.05) is 20.8 Å². The zero-order chi connectivity index (χ0) is 29.4. The molecule has 2 aromatic carbocycles. The normalized spacial score (nSPS) is 16.4. The van der Waals surface area contributed by atoms with Gasteiger partial charge in [0.1, 0.15) is 11.3 Å². The van der Waals surface area contributed by atoms with E-state index in [1.165, 1.54) is 17.0 Å². The molecule has 40 heavy (non-hydrogen) atoms. The van der Waals surface area contributed by atoms with Crippen LogP contribution in [0.5, 0.6) is 0 Å². The average molecular weight is 613 g/mol. The summed E-state index contributed by atoms with van der Waals surface area (Å²) in [5.41, 5.74) is -0.667. The maximum absolute atomic E-state index is 13.6. The van der Waals surface area contributed by atoms with E-state index in [9.17, 15) is 27.6 Å². The number of pyridine rings is 1. The first kappa shape index (κ1) is 29.8. The standard InChI is InChI=1S/C25H19Cl2F3N4O3S.C2H6/c1-12-9-31-24(37)34(12)15-6-5-13-10-33(11-14(13)7-15)23(36)20-18(8-19(25(28,29)30)32-22(20)35)38-21-16(26)3-2-4-17(21)27;1-2/h2-8,12H,9-11H2,1H3,(H,31,37)(H,32,35);1-2H3. The molecule has 2 N–H and O–H groups in total. The van der Waals surface area contributed by atoms with Crippen LogP contribution >= 0.6 is 35.0 Å². The van der Waals surface area contributed by atoms with E-state index < -0.39 is 28.9 Å². The van der Waals surface area contributed by atoms with Crippen LogP contribution in [0, 0.1) is 0 Å². The molecule has 1 fully saturated rings. The Morgan fingerprint density at radius 3 is 2.27 bits per heavy atom. The summed E-state index contributed by atoms with van der Waals surface area (Å²) in [7, 11) is 0. The molecule has 5 rings (SSSR count). The number of alkyl halides is 3. The Bertz CT molecular complexity index is 1510. The first-order valence-electron chi connectivity index (χ1n) is 12.4. The maximum Gasteiger partial charge on any atom is 0.431 e. The van der Waals surface area contributed by atoms with E-state index in [-0.39, 0.29) is 45.0 Å². The van der Waals surface area contributed by atoms with Crippen LogP contribution in [0.2, 0.25) is 10.0 Å². The first-order valence-corrected chi connectivity index (χ1v) is 14.0. The summed E-state index contributed by atoms with van der Waals surface area (Å²) in [6, 6.07) is 10.4. The van der Waals surface area contributed by atoms with Crippen LogP contribution in [0.25, 0.3) is 0 Å². The van der Waals surface area contributed by atoms with E-state index >= 15 is 0 Å². The van der Waals surface area contributed by atoms with Gasteiger partial charge in [0.2, 0.25) is 0 Å². The lowest BCUT2D eigenvalue weighted by molar-refractivity contribution is -0.141. The van der Waals surface area contributed by atoms with Gasteiger partial charge in [-0.1, -0.05) is 60.9 Å². The molecule has 1 saturated heterocycles. The van der Waals surface area contributed by atoms with Crippen LogP contribution in [0.3, 0.4) is 0 Å². The van der Waals surface area contributed by atoms with Crippen molar-refractivity contribution in [3.05, 3.63) is 85.2 Å². The van der Waals surface area contributed by atoms with Crippen molar-refractivity contribution in [2.75, 3.05) is 11.4 Å². The Morgan fingerprint density at radius 1 is 1.02 bits per heavy atom. The zero-order valence-electron chi connectivity index (χ0n) is 21.7. The number of carbonyl (C=O) groups excluding carboxylic acids is 2. The van der Waals surface area contributed by atoms with Gasteiger partial charge >= 0.3 is 12.2 Å². The Hall–Kier alpha value is -3.15. The summed E-state index contributed by atoms with van der Waals surface area (Å²) in [5.74, 6) is -0.740. The van der Waals surface area contributed by atoms with Gasteiger partial charge in [0, 0.05) is 35.1 Å². The molecular formula is C27H25Cl2F3N4O3S. The number of carbonyl (C=O) groups is 2. The second-order valence-corrected chi connectivity index (χ2v) is 10.8. The number of H-pyrrole nitrogens is 1. The van der Waals surface area contributed by atoms with Gasteiger partial charge in [0.25, 0.3) is 11.5 Å². The lowest BCUT2D eigenvalue weighted by Gasteiger charge is -2.20. The molecule has 1 atom stereocenters. The molecule has 0 aliphatic carbocycles. The van der Waals surface area contributed by atoms with Gasteiger partial charge in [-0.05, 0) is 48.4 Å². The Balaban J connectivity index is 0.00000181. The van der Waals surface area contributed by atoms with Crippen molar-refractivity contribution in [2.45, 2.75) is 55.9 Å². The Morgan fingerprint density at radius 2 is 1.68 bits per heavy atom. The molecule has 0 spiro atoms. The van der Waals surface area contributed by atoms with Crippen molar-refractivity contribution in [1.82, 2.24) is 15.2 Å². The predicted octanol–water partition coefficient (Wildman–Crippen LogP) is 6.95. The van der Waals surface area contributed by atoms with Gasteiger partial charge in [-0.15, -0.1) is 0 Å². The van der Waals surface area contributed by atoms with Crippen LogP contribution in [0.15, 0.2) is 57.1 Å². The number of nitrogens with zero attached hydrogens (tertiary/aromatic N) is 2. The second kappa shape index (κ2) is 11.8. The Labute approximate surface area is 242 Å². The van der Waals surface area contributed by atoms with E-state index in [1.54, 1.807) is 34.1 Å². The minimum Gasteiger partial charge on any atom is -0.336 e. The van der Waals surface area contributed by atoms with Crippen molar-refractivity contribution >= 4 is 52.6 Å². The van der Waals surface area contributed by atoms with Gasteiger partial charge in [-0.3, -0.25) is 14.5 Å². The lowest BCUT2D eigenvalue weighted by atomic mass is 10.1. The quantitative estimate of drug-likeness (QED) is 0.334. The highest BCUT2D eigenvalue weighted by Gasteiger charge is 2.36. The van der Waals surface area contributed by atoms with Crippen LogP contribution in [-0.2, 0) is 19.3 Å². The van der Waals surface area contributed by atoms with Crippen LogP contribution < -0.4 is 15.8 Å². The van der Waals surface area contributed by atoms with Crippen molar-refractivity contribution < 1.29 is 22.8 Å². The summed E-state index contributed by atoms with van der Waals surface area (Å²) in [5, 5.41) is 3.10. The zero-order valence-corrected chi connectivity index (χ0v) is 24.0. The van der Waals surface area contributed by atoms with E-state index in [0.717, 1.165) is 22.9 Å². The van der Waals surface area contributed by atoms with Crippen molar-refractivity contribution in [1.29, 1.82) is 0 Å². The van der Waals surface area contributed by atoms with E-state index in [0.29, 0.717) is 18.3 Å². The summed E-state index contributed by atoms with van der Waals surface area (Å²) in [6.07, 6.45) is -4.85. The number of benzene rings is 2. The SMILES string of the molecule is CC.CC1CNC(=O)N1c1ccc2c(c1)CN(C(=O)c1c(Sc3c(Cl)cccc3Cl)cc(C(F)(F)F)[nH]c1=O)C2. The molecule has 3 aromatic rings. The number of hydrogen-bond donors (Lipinski definition) is 2. The third-order valence-corrected chi connectivity index (χ3v) is 8.37. The minimum atomic E-state index is -4.85. The number of urea groups is 1. The molecule has 3 heterocycles. The van der Waals surface area contributed by atoms with Crippen LogP contribution in [0.1, 0.15) is 48.0 Å². The summed E-state index contributed by atoms with van der Waals surface area (Å²) in [4.78, 5) is 43.5. The highest BCUT2D eigenvalue weighted by atomic mass is 35.5. The molecule has 3 amide bonds. The number of aromatic nitrogens is 1. The van der Waals surface area contributed by atoms with Gasteiger partial charge in [-0.25, -0.2) is 4.79 Å². The molecule has 7 nitrogen and oxygen atoms in total. The molecule has 13 heteroatoms. The first-order chi connectivity index (χ1) is 18.9. The molecule has 2 aliphatic heterocycles. The highest BCUT2D eigenvalue weighted by Crippen LogP contribution is 2.41. The van der Waals surface area contributed by atoms with Crippen molar-refractivity contribution in [3.8, 4) is 0 Å². The van der Waals surface area contributed by atoms with Gasteiger partial charge < -0.3 is 15.2 Å². The third-order valence-electron chi connectivity index (χ3n) is 6.33. The topological polar surface area (TPSA) is 85.5 Å². The Kier molecular flexibility index (Phi) is 8.77. The number of nitrogens with one attached hydrogen (secondary N) is 2. The number of anilines is 1. The predicted molar refractivity (Wildman–Crippen MR) is 149 cm³/mol. The maximum atomic E-state index is 13.6. The van der Waals surface area contributed by atoms with Crippen LogP contribution in [-0.4, -0.2) is 34.4 Å². The van der Waals surface area contributed by atoms with Gasteiger partial charge in [0.15, 0.2) is 0 Å². The van der Waals surface area contributed by atoms with Crippen molar-refractivity contribution in [3.63, 3.8) is 0 Å². The molecular weight excluding hydrogens is 588 g/mol. The number of aromatic amines is 1. The van der Waals surface area contributed by atoms with Crippen LogP contribution in [0.4, 0.5) is 23.7 Å². The van der Waals surface area contributed by atoms with Gasteiger partial charge in [-0.2, -0.15) is 13.2 Å². The molecule has 0 bridgehead atoms. The fourth-order valence-electron chi connectivity index (χ4n) is 4.48. The summed E-state index contributed by atoms with van der Waals surface area (Å²) >= 11 is 13.2. The van der Waals surface area contributed by atoms with E-state index in [4.69, 9.17) is 23.2 Å². The summed E-state index contributed by atoms with van der Waals surface area (Å²) < 4.78 is 40.6. The molecule has 1 unspecified atom stereocenters. The number of halogens is 5. The largest absolute Gasteiger partial charge is 0.431 e. The number of hydrogen-bond acceptors (Lipinski definition) is 4. The second-order valence-electron chi connectivity index (χ2n) is 8.92. The lowest BCUT2D eigenvalue weighted by Crippen LogP contribution is -2.33. The summed E-state index contributed by atoms with van der Waals surface area (Å²) in [6.45, 7) is 6.67. The van der Waals surface area contributed by atoms with E-state index in [2.05, 4.69) is 5.32 Å². The number of fused-ring (bicyclic) bond motifs is 1. The monoisotopic (exact) mass is 612 g/mol. The van der Waals surface area contributed by atoms with Gasteiger partial charge in [0.05, 0.1) is 16.1 Å². The number of amides is 3. The molecule has 2 aliphatic rings. The van der Waals surface area contributed by atoms with Crippen molar-refractivity contribution in [2.24, 2.45) is 0 Å². The number of rotatable bonds is 4. The minimum absolute atomic E-state index is 0.0541.